The van der Waals surface area contributed by atoms with Gasteiger partial charge < -0.3 is 15.4 Å². The lowest BCUT2D eigenvalue weighted by molar-refractivity contribution is -0.00842. The molecule has 2 atom stereocenters. The summed E-state index contributed by atoms with van der Waals surface area (Å²) < 4.78 is 32.0. The lowest BCUT2D eigenvalue weighted by Crippen LogP contribution is -2.52. The van der Waals surface area contributed by atoms with Gasteiger partial charge in [0.1, 0.15) is 5.60 Å². The third-order valence-corrected chi connectivity index (χ3v) is 3.46. The predicted molar refractivity (Wildman–Crippen MR) is 62.4 cm³/mol. The predicted octanol–water partition coefficient (Wildman–Crippen LogP) is 1.98. The maximum absolute atomic E-state index is 13.4. The van der Waals surface area contributed by atoms with Crippen molar-refractivity contribution in [1.82, 2.24) is 4.90 Å². The van der Waals surface area contributed by atoms with E-state index in [0.29, 0.717) is 0 Å². The van der Waals surface area contributed by atoms with E-state index in [1.54, 1.807) is 20.8 Å². The van der Waals surface area contributed by atoms with Crippen LogP contribution in [0.3, 0.4) is 0 Å². The Bertz CT molecular complexity index is 368. The summed E-state index contributed by atoms with van der Waals surface area (Å²) in [4.78, 5) is 13.2. The standard InChI is InChI=1S/C12H20F2N2O2/c1-10(2,3)18-9(17)16-5-8(15)4-11(7-16)6-12(11,13)14/h8H,4-7,15H2,1-3H3. The van der Waals surface area contributed by atoms with Gasteiger partial charge in [0.05, 0.1) is 5.41 Å². The van der Waals surface area contributed by atoms with E-state index in [1.165, 1.54) is 4.90 Å². The van der Waals surface area contributed by atoms with E-state index in [9.17, 15) is 13.6 Å². The molecule has 0 radical (unpaired) electrons. The van der Waals surface area contributed by atoms with E-state index in [1.807, 2.05) is 0 Å². The summed E-state index contributed by atoms with van der Waals surface area (Å²) >= 11 is 0. The van der Waals surface area contributed by atoms with Gasteiger partial charge in [-0.3, -0.25) is 0 Å². The number of nitrogens with two attached hydrogens (primary N) is 1. The van der Waals surface area contributed by atoms with Crippen LogP contribution < -0.4 is 5.73 Å². The fraction of sp³-hybridized carbons (Fsp3) is 0.917. The van der Waals surface area contributed by atoms with Crippen molar-refractivity contribution in [2.24, 2.45) is 11.1 Å². The molecule has 1 heterocycles. The van der Waals surface area contributed by atoms with Crippen molar-refractivity contribution in [3.05, 3.63) is 0 Å². The zero-order valence-electron chi connectivity index (χ0n) is 11.0. The minimum Gasteiger partial charge on any atom is -0.444 e. The number of rotatable bonds is 0. The van der Waals surface area contributed by atoms with Gasteiger partial charge in [0, 0.05) is 25.6 Å². The van der Waals surface area contributed by atoms with Crippen LogP contribution in [0.15, 0.2) is 0 Å². The second kappa shape index (κ2) is 3.79. The Morgan fingerprint density at radius 1 is 1.44 bits per heavy atom. The Labute approximate surface area is 105 Å². The Balaban J connectivity index is 2.04. The molecule has 1 aliphatic carbocycles. The first-order valence-electron chi connectivity index (χ1n) is 6.16. The molecule has 1 saturated carbocycles. The quantitative estimate of drug-likeness (QED) is 0.726. The van der Waals surface area contributed by atoms with Crippen LogP contribution in [0.25, 0.3) is 0 Å². The largest absolute Gasteiger partial charge is 0.444 e. The van der Waals surface area contributed by atoms with Gasteiger partial charge in [-0.25, -0.2) is 13.6 Å². The average molecular weight is 262 g/mol. The molecule has 18 heavy (non-hydrogen) atoms. The molecular formula is C12H20F2N2O2. The van der Waals surface area contributed by atoms with Gasteiger partial charge in [0.2, 0.25) is 0 Å². The van der Waals surface area contributed by atoms with Crippen LogP contribution in [0.4, 0.5) is 13.6 Å². The van der Waals surface area contributed by atoms with Crippen molar-refractivity contribution < 1.29 is 18.3 Å². The van der Waals surface area contributed by atoms with Crippen LogP contribution >= 0.6 is 0 Å². The number of halogens is 2. The molecule has 4 nitrogen and oxygen atoms in total. The maximum atomic E-state index is 13.4. The topological polar surface area (TPSA) is 55.6 Å². The van der Waals surface area contributed by atoms with Gasteiger partial charge in [-0.2, -0.15) is 0 Å². The van der Waals surface area contributed by atoms with Gasteiger partial charge in [0.15, 0.2) is 0 Å². The van der Waals surface area contributed by atoms with Gasteiger partial charge in [-0.1, -0.05) is 0 Å². The molecule has 2 aliphatic rings. The number of carbonyl (C=O) groups excluding carboxylic acids is 1. The smallest absolute Gasteiger partial charge is 0.410 e. The first kappa shape index (κ1) is 13.5. The summed E-state index contributed by atoms with van der Waals surface area (Å²) in [5, 5.41) is 0. The molecule has 1 amide bonds. The number of hydrogen-bond donors (Lipinski definition) is 1. The second-order valence-corrected chi connectivity index (χ2v) is 6.49. The highest BCUT2D eigenvalue weighted by Gasteiger charge is 2.72. The number of hydrogen-bond acceptors (Lipinski definition) is 3. The minimum absolute atomic E-state index is 0.0443. The number of ether oxygens (including phenoxy) is 1. The van der Waals surface area contributed by atoms with Gasteiger partial charge in [-0.15, -0.1) is 0 Å². The van der Waals surface area contributed by atoms with Crippen molar-refractivity contribution in [2.45, 2.75) is 51.2 Å². The van der Waals surface area contributed by atoms with Gasteiger partial charge in [-0.05, 0) is 27.2 Å². The lowest BCUT2D eigenvalue weighted by Gasteiger charge is -2.37. The van der Waals surface area contributed by atoms with Crippen LogP contribution in [0.1, 0.15) is 33.6 Å². The summed E-state index contributed by atoms with van der Waals surface area (Å²) in [5.41, 5.74) is 4.04. The van der Waals surface area contributed by atoms with Crippen LogP contribution in [0.5, 0.6) is 0 Å². The van der Waals surface area contributed by atoms with Crippen LogP contribution in [-0.2, 0) is 4.74 Å². The Hall–Kier alpha value is -0.910. The van der Waals surface area contributed by atoms with Crippen molar-refractivity contribution in [1.29, 1.82) is 0 Å². The molecule has 0 aromatic carbocycles. The second-order valence-electron chi connectivity index (χ2n) is 6.49. The first-order valence-corrected chi connectivity index (χ1v) is 6.16. The SMILES string of the molecule is CC(C)(C)OC(=O)N1CC(N)CC2(C1)CC2(F)F. The molecule has 2 fully saturated rings. The van der Waals surface area contributed by atoms with Crippen molar-refractivity contribution >= 4 is 6.09 Å². The molecule has 104 valence electrons. The van der Waals surface area contributed by atoms with Crippen LogP contribution in [0.2, 0.25) is 0 Å². The zero-order chi connectivity index (χ0) is 13.8. The monoisotopic (exact) mass is 262 g/mol. The van der Waals surface area contributed by atoms with E-state index in [2.05, 4.69) is 0 Å². The van der Waals surface area contributed by atoms with Crippen molar-refractivity contribution in [2.75, 3.05) is 13.1 Å². The Kier molecular flexibility index (Phi) is 2.85. The van der Waals surface area contributed by atoms with E-state index in [4.69, 9.17) is 10.5 Å². The van der Waals surface area contributed by atoms with E-state index < -0.39 is 29.1 Å². The Morgan fingerprint density at radius 2 is 2.00 bits per heavy atom. The van der Waals surface area contributed by atoms with Crippen LogP contribution in [-0.4, -0.2) is 41.6 Å². The third kappa shape index (κ3) is 2.43. The first-order chi connectivity index (χ1) is 8.05. The minimum atomic E-state index is -2.69. The van der Waals surface area contributed by atoms with E-state index in [-0.39, 0.29) is 25.9 Å². The number of amides is 1. The fourth-order valence-corrected chi connectivity index (χ4v) is 2.58. The molecule has 1 aliphatic heterocycles. The average Bonchev–Trinajstić information content (AvgIpc) is 2.61. The summed E-state index contributed by atoms with van der Waals surface area (Å²) in [5.74, 6) is -2.69. The molecule has 0 aromatic heterocycles. The fourth-order valence-electron chi connectivity index (χ4n) is 2.58. The molecule has 2 N–H and O–H groups in total. The number of carbonyl (C=O) groups is 1. The van der Waals surface area contributed by atoms with Gasteiger partial charge >= 0.3 is 6.09 Å². The zero-order valence-corrected chi connectivity index (χ0v) is 11.0. The molecule has 2 rings (SSSR count). The van der Waals surface area contributed by atoms with E-state index in [0.717, 1.165) is 0 Å². The maximum Gasteiger partial charge on any atom is 0.410 e. The van der Waals surface area contributed by atoms with Crippen LogP contribution in [0, 0.1) is 5.41 Å². The van der Waals surface area contributed by atoms with Crippen molar-refractivity contribution in [3.8, 4) is 0 Å². The molecule has 0 bridgehead atoms. The number of piperidine rings is 1. The van der Waals surface area contributed by atoms with Gasteiger partial charge in [0.25, 0.3) is 5.92 Å². The number of nitrogens with zero attached hydrogens (tertiary/aromatic N) is 1. The number of likely N-dealkylation sites (tertiary alicyclic amines) is 1. The molecule has 1 spiro atoms. The number of alkyl halides is 2. The normalized spacial score (nSPS) is 34.6. The molecular weight excluding hydrogens is 242 g/mol. The molecule has 6 heteroatoms. The summed E-state index contributed by atoms with van der Waals surface area (Å²) in [6, 6.07) is -0.403. The summed E-state index contributed by atoms with van der Waals surface area (Å²) in [7, 11) is 0. The molecule has 0 aromatic rings. The highest BCUT2D eigenvalue weighted by atomic mass is 19.3. The summed E-state index contributed by atoms with van der Waals surface area (Å²) in [6.07, 6.45) is -0.452. The van der Waals surface area contributed by atoms with Crippen molar-refractivity contribution in [3.63, 3.8) is 0 Å². The molecule has 2 unspecified atom stereocenters. The Morgan fingerprint density at radius 3 is 2.44 bits per heavy atom. The summed E-state index contributed by atoms with van der Waals surface area (Å²) in [6.45, 7) is 5.57. The highest BCUT2D eigenvalue weighted by molar-refractivity contribution is 5.68. The van der Waals surface area contributed by atoms with E-state index >= 15 is 0 Å². The highest BCUT2D eigenvalue weighted by Crippen LogP contribution is 2.64. The lowest BCUT2D eigenvalue weighted by atomic mass is 9.91. The molecule has 1 saturated heterocycles. The third-order valence-electron chi connectivity index (χ3n) is 3.46.